The standard InChI is InChI=1S/C26H24N6O/c1-4-21-29-13-14-32(21)19-11-9-17(10-12-19)22-20(15-27)25(28)33-26-23(22)24(30-31(26)3)18-7-5-16(2)6-8-18/h5-14,22H,4,28H2,1-3H3. The van der Waals surface area contributed by atoms with Gasteiger partial charge in [0.2, 0.25) is 11.8 Å². The molecule has 0 saturated heterocycles. The lowest BCUT2D eigenvalue weighted by Crippen LogP contribution is -2.21. The lowest BCUT2D eigenvalue weighted by molar-refractivity contribution is 0.358. The molecule has 2 N–H and O–H groups in total. The topological polar surface area (TPSA) is 94.7 Å². The molecule has 33 heavy (non-hydrogen) atoms. The predicted molar refractivity (Wildman–Crippen MR) is 126 cm³/mol. The van der Waals surface area contributed by atoms with Crippen molar-refractivity contribution in [1.82, 2.24) is 19.3 Å². The van der Waals surface area contributed by atoms with Crippen molar-refractivity contribution in [2.45, 2.75) is 26.2 Å². The second-order valence-electron chi connectivity index (χ2n) is 8.14. The van der Waals surface area contributed by atoms with Gasteiger partial charge in [0.1, 0.15) is 23.2 Å². The summed E-state index contributed by atoms with van der Waals surface area (Å²) in [6.07, 6.45) is 4.60. The fraction of sp³-hybridized carbons (Fsp3) is 0.192. The maximum atomic E-state index is 9.99. The van der Waals surface area contributed by atoms with Gasteiger partial charge in [0.05, 0.1) is 11.5 Å². The average molecular weight is 437 g/mol. The van der Waals surface area contributed by atoms with Crippen LogP contribution in [0.4, 0.5) is 0 Å². The van der Waals surface area contributed by atoms with Crippen LogP contribution in [0, 0.1) is 18.3 Å². The fourth-order valence-corrected chi connectivity index (χ4v) is 4.39. The van der Waals surface area contributed by atoms with E-state index in [-0.39, 0.29) is 11.8 Å². The first-order chi connectivity index (χ1) is 16.0. The molecule has 0 spiro atoms. The van der Waals surface area contributed by atoms with Crippen LogP contribution in [0.5, 0.6) is 5.88 Å². The second-order valence-corrected chi connectivity index (χ2v) is 8.14. The second kappa shape index (κ2) is 7.99. The number of imidazole rings is 1. The van der Waals surface area contributed by atoms with E-state index in [1.54, 1.807) is 10.9 Å². The van der Waals surface area contributed by atoms with Crippen molar-refractivity contribution >= 4 is 0 Å². The molecule has 0 amide bonds. The van der Waals surface area contributed by atoms with E-state index in [1.165, 1.54) is 5.56 Å². The lowest BCUT2D eigenvalue weighted by atomic mass is 9.83. The molecule has 0 aliphatic carbocycles. The van der Waals surface area contributed by atoms with Gasteiger partial charge >= 0.3 is 0 Å². The van der Waals surface area contributed by atoms with Gasteiger partial charge in [0.15, 0.2) is 0 Å². The molecule has 0 radical (unpaired) electrons. The minimum absolute atomic E-state index is 0.111. The number of nitriles is 1. The molecule has 4 aromatic rings. The number of fused-ring (bicyclic) bond motifs is 1. The highest BCUT2D eigenvalue weighted by Crippen LogP contribution is 2.46. The molecule has 0 fully saturated rings. The van der Waals surface area contributed by atoms with Crippen LogP contribution in [-0.4, -0.2) is 19.3 Å². The minimum Gasteiger partial charge on any atom is -0.422 e. The van der Waals surface area contributed by atoms with Crippen molar-refractivity contribution in [2.75, 3.05) is 0 Å². The summed E-state index contributed by atoms with van der Waals surface area (Å²) in [6.45, 7) is 4.13. The molecular formula is C26H24N6O. The molecule has 2 aromatic heterocycles. The van der Waals surface area contributed by atoms with E-state index >= 15 is 0 Å². The zero-order chi connectivity index (χ0) is 23.1. The fourth-order valence-electron chi connectivity index (χ4n) is 4.39. The third-order valence-corrected chi connectivity index (χ3v) is 6.06. The van der Waals surface area contributed by atoms with Gasteiger partial charge in [-0.2, -0.15) is 10.4 Å². The molecule has 1 atom stereocenters. The third-order valence-electron chi connectivity index (χ3n) is 6.06. The number of benzene rings is 2. The van der Waals surface area contributed by atoms with Crippen LogP contribution >= 0.6 is 0 Å². The van der Waals surface area contributed by atoms with E-state index in [0.29, 0.717) is 11.5 Å². The smallest absolute Gasteiger partial charge is 0.224 e. The number of rotatable bonds is 4. The van der Waals surface area contributed by atoms with Crippen molar-refractivity contribution in [1.29, 1.82) is 5.26 Å². The van der Waals surface area contributed by atoms with Crippen molar-refractivity contribution in [3.8, 4) is 28.9 Å². The Morgan fingerprint density at radius 3 is 2.52 bits per heavy atom. The summed E-state index contributed by atoms with van der Waals surface area (Å²) in [5, 5.41) is 14.7. The molecule has 1 aliphatic heterocycles. The number of hydrogen-bond donors (Lipinski definition) is 1. The van der Waals surface area contributed by atoms with Crippen LogP contribution in [0.2, 0.25) is 0 Å². The van der Waals surface area contributed by atoms with E-state index in [1.807, 2.05) is 56.6 Å². The summed E-state index contributed by atoms with van der Waals surface area (Å²) in [7, 11) is 1.83. The van der Waals surface area contributed by atoms with Gasteiger partial charge in [-0.05, 0) is 24.6 Å². The van der Waals surface area contributed by atoms with Crippen LogP contribution in [-0.2, 0) is 13.5 Å². The summed E-state index contributed by atoms with van der Waals surface area (Å²) >= 11 is 0. The van der Waals surface area contributed by atoms with Crippen molar-refractivity contribution in [3.05, 3.63) is 94.9 Å². The molecule has 7 nitrogen and oxygen atoms in total. The number of aryl methyl sites for hydroxylation is 3. The number of hydrogen-bond acceptors (Lipinski definition) is 5. The summed E-state index contributed by atoms with van der Waals surface area (Å²) in [5.74, 6) is 1.28. The van der Waals surface area contributed by atoms with Crippen molar-refractivity contribution in [2.24, 2.45) is 12.8 Å². The number of allylic oxidation sites excluding steroid dienone is 1. The molecular weight excluding hydrogens is 412 g/mol. The first kappa shape index (κ1) is 20.6. The zero-order valence-corrected chi connectivity index (χ0v) is 18.8. The first-order valence-electron chi connectivity index (χ1n) is 10.9. The van der Waals surface area contributed by atoms with Gasteiger partial charge in [-0.15, -0.1) is 0 Å². The summed E-state index contributed by atoms with van der Waals surface area (Å²) in [6, 6.07) is 18.6. The Morgan fingerprint density at radius 2 is 1.85 bits per heavy atom. The quantitative estimate of drug-likeness (QED) is 0.513. The Kier molecular flexibility index (Phi) is 4.98. The maximum Gasteiger partial charge on any atom is 0.224 e. The van der Waals surface area contributed by atoms with Crippen LogP contribution in [0.3, 0.4) is 0 Å². The van der Waals surface area contributed by atoms with Crippen molar-refractivity contribution < 1.29 is 4.74 Å². The molecule has 3 heterocycles. The molecule has 164 valence electrons. The van der Waals surface area contributed by atoms with E-state index in [0.717, 1.165) is 40.3 Å². The molecule has 1 aliphatic rings. The predicted octanol–water partition coefficient (Wildman–Crippen LogP) is 4.36. The van der Waals surface area contributed by atoms with Gasteiger partial charge in [0.25, 0.3) is 0 Å². The van der Waals surface area contributed by atoms with Crippen LogP contribution < -0.4 is 10.5 Å². The molecule has 0 bridgehead atoms. The Morgan fingerprint density at radius 1 is 1.12 bits per heavy atom. The van der Waals surface area contributed by atoms with Gasteiger partial charge in [0, 0.05) is 37.1 Å². The van der Waals surface area contributed by atoms with E-state index in [9.17, 15) is 5.26 Å². The first-order valence-corrected chi connectivity index (χ1v) is 10.9. The molecule has 5 rings (SSSR count). The summed E-state index contributed by atoms with van der Waals surface area (Å²) in [4.78, 5) is 4.41. The molecule has 2 aromatic carbocycles. The van der Waals surface area contributed by atoms with Gasteiger partial charge in [-0.1, -0.05) is 48.9 Å². The zero-order valence-electron chi connectivity index (χ0n) is 18.8. The minimum atomic E-state index is -0.383. The molecule has 7 heteroatoms. The highest BCUT2D eigenvalue weighted by Gasteiger charge is 2.36. The van der Waals surface area contributed by atoms with E-state index in [2.05, 4.69) is 34.7 Å². The Labute approximate surface area is 192 Å². The van der Waals surface area contributed by atoms with E-state index in [4.69, 9.17) is 15.6 Å². The normalized spacial score (nSPS) is 15.2. The Balaban J connectivity index is 1.66. The van der Waals surface area contributed by atoms with E-state index < -0.39 is 0 Å². The largest absolute Gasteiger partial charge is 0.422 e. The van der Waals surface area contributed by atoms with Gasteiger partial charge < -0.3 is 15.0 Å². The molecule has 1 unspecified atom stereocenters. The number of ether oxygens (including phenoxy) is 1. The Hall–Kier alpha value is -4.31. The van der Waals surface area contributed by atoms with Crippen molar-refractivity contribution in [3.63, 3.8) is 0 Å². The number of aromatic nitrogens is 4. The van der Waals surface area contributed by atoms with Crippen LogP contribution in [0.15, 0.2) is 72.4 Å². The Bertz CT molecular complexity index is 1400. The number of nitrogens with two attached hydrogens (primary N) is 1. The highest BCUT2D eigenvalue weighted by atomic mass is 16.5. The summed E-state index contributed by atoms with van der Waals surface area (Å²) in [5.41, 5.74) is 12.3. The van der Waals surface area contributed by atoms with Gasteiger partial charge in [-0.3, -0.25) is 0 Å². The SMILES string of the molecule is CCc1nccn1-c1ccc(C2C(C#N)=C(N)Oc3c2c(-c2ccc(C)cc2)nn3C)cc1. The lowest BCUT2D eigenvalue weighted by Gasteiger charge is -2.25. The van der Waals surface area contributed by atoms with Crippen LogP contribution in [0.25, 0.3) is 16.9 Å². The van der Waals surface area contributed by atoms with Gasteiger partial charge in [-0.25, -0.2) is 9.67 Å². The summed E-state index contributed by atoms with van der Waals surface area (Å²) < 4.78 is 9.63. The monoisotopic (exact) mass is 436 g/mol. The third kappa shape index (κ3) is 3.37. The highest BCUT2D eigenvalue weighted by molar-refractivity contribution is 5.71. The number of nitrogens with zero attached hydrogens (tertiary/aromatic N) is 5. The van der Waals surface area contributed by atoms with Crippen LogP contribution in [0.1, 0.15) is 35.4 Å². The average Bonchev–Trinajstić information content (AvgIpc) is 3.43. The maximum absolute atomic E-state index is 9.99. The molecule has 0 saturated carbocycles.